The fraction of sp³-hybridized carbons (Fsp3) is 0.600. The maximum atomic E-state index is 5.21. The molecule has 0 spiro atoms. The molecule has 18 heavy (non-hydrogen) atoms. The van der Waals surface area contributed by atoms with Crippen LogP contribution in [0.25, 0.3) is 0 Å². The zero-order chi connectivity index (χ0) is 13.0. The summed E-state index contributed by atoms with van der Waals surface area (Å²) in [7, 11) is 1.71. The van der Waals surface area contributed by atoms with Crippen LogP contribution in [0, 0.1) is 0 Å². The predicted octanol–water partition coefficient (Wildman–Crippen LogP) is 3.63. The smallest absolute Gasteiger partial charge is 0.118 e. The fourth-order valence-electron chi connectivity index (χ4n) is 2.50. The zero-order valence-electron chi connectivity index (χ0n) is 11.5. The van der Waals surface area contributed by atoms with Crippen LogP contribution in [0.5, 0.6) is 5.75 Å². The lowest BCUT2D eigenvalue weighted by molar-refractivity contribution is 0.411. The SMILES string of the molecule is CCC(NC1CCSC1C)c1ccc(OC)cc1. The highest BCUT2D eigenvalue weighted by atomic mass is 32.2. The van der Waals surface area contributed by atoms with E-state index >= 15 is 0 Å². The average Bonchev–Trinajstić information content (AvgIpc) is 2.81. The fourth-order valence-corrected chi connectivity index (χ4v) is 3.70. The van der Waals surface area contributed by atoms with Gasteiger partial charge >= 0.3 is 0 Å². The molecule has 2 rings (SSSR count). The van der Waals surface area contributed by atoms with E-state index in [0.29, 0.717) is 12.1 Å². The van der Waals surface area contributed by atoms with E-state index in [1.165, 1.54) is 17.7 Å². The van der Waals surface area contributed by atoms with E-state index in [1.54, 1.807) is 7.11 Å². The molecule has 0 aliphatic carbocycles. The van der Waals surface area contributed by atoms with Crippen molar-refractivity contribution in [1.29, 1.82) is 0 Å². The Labute approximate surface area is 114 Å². The van der Waals surface area contributed by atoms with Crippen LogP contribution in [0.3, 0.4) is 0 Å². The van der Waals surface area contributed by atoms with E-state index in [0.717, 1.165) is 17.4 Å². The van der Waals surface area contributed by atoms with Crippen molar-refractivity contribution in [1.82, 2.24) is 5.32 Å². The number of rotatable bonds is 5. The summed E-state index contributed by atoms with van der Waals surface area (Å²) >= 11 is 2.08. The highest BCUT2D eigenvalue weighted by Gasteiger charge is 2.26. The minimum absolute atomic E-state index is 0.460. The summed E-state index contributed by atoms with van der Waals surface area (Å²) in [5.74, 6) is 2.22. The third-order valence-corrected chi connectivity index (χ3v) is 5.04. The summed E-state index contributed by atoms with van der Waals surface area (Å²) < 4.78 is 5.21. The summed E-state index contributed by atoms with van der Waals surface area (Å²) in [6.07, 6.45) is 2.42. The minimum atomic E-state index is 0.460. The van der Waals surface area contributed by atoms with Crippen molar-refractivity contribution in [3.63, 3.8) is 0 Å². The van der Waals surface area contributed by atoms with Gasteiger partial charge in [-0.2, -0.15) is 11.8 Å². The molecule has 1 aromatic rings. The van der Waals surface area contributed by atoms with Crippen molar-refractivity contribution in [2.75, 3.05) is 12.9 Å². The molecule has 3 heteroatoms. The third kappa shape index (κ3) is 3.21. The van der Waals surface area contributed by atoms with Crippen LogP contribution in [-0.2, 0) is 0 Å². The van der Waals surface area contributed by atoms with Crippen molar-refractivity contribution in [3.05, 3.63) is 29.8 Å². The Hall–Kier alpha value is -0.670. The topological polar surface area (TPSA) is 21.3 Å². The zero-order valence-corrected chi connectivity index (χ0v) is 12.3. The molecule has 0 aromatic heterocycles. The highest BCUT2D eigenvalue weighted by molar-refractivity contribution is 8.00. The summed E-state index contributed by atoms with van der Waals surface area (Å²) in [5.41, 5.74) is 1.36. The third-order valence-electron chi connectivity index (χ3n) is 3.72. The lowest BCUT2D eigenvalue weighted by Crippen LogP contribution is -2.36. The molecule has 1 fully saturated rings. The van der Waals surface area contributed by atoms with Gasteiger partial charge < -0.3 is 10.1 Å². The van der Waals surface area contributed by atoms with Gasteiger partial charge in [-0.05, 0) is 36.3 Å². The van der Waals surface area contributed by atoms with Crippen molar-refractivity contribution in [2.45, 2.75) is 44.0 Å². The summed E-state index contributed by atoms with van der Waals surface area (Å²) in [4.78, 5) is 0. The summed E-state index contributed by atoms with van der Waals surface area (Å²) in [6.45, 7) is 4.57. The van der Waals surface area contributed by atoms with Gasteiger partial charge in [0.25, 0.3) is 0 Å². The molecule has 1 heterocycles. The molecule has 0 saturated carbocycles. The number of hydrogen-bond donors (Lipinski definition) is 1. The lowest BCUT2D eigenvalue weighted by Gasteiger charge is -2.24. The first-order valence-corrected chi connectivity index (χ1v) is 7.81. The van der Waals surface area contributed by atoms with Crippen LogP contribution in [0.4, 0.5) is 0 Å². The molecule has 2 nitrogen and oxygen atoms in total. The van der Waals surface area contributed by atoms with E-state index in [1.807, 2.05) is 12.1 Å². The number of thioether (sulfide) groups is 1. The van der Waals surface area contributed by atoms with E-state index in [9.17, 15) is 0 Å². The number of ether oxygens (including phenoxy) is 1. The molecule has 1 N–H and O–H groups in total. The quantitative estimate of drug-likeness (QED) is 0.878. The second-order valence-corrected chi connectivity index (χ2v) is 6.36. The van der Waals surface area contributed by atoms with Gasteiger partial charge in [-0.25, -0.2) is 0 Å². The van der Waals surface area contributed by atoms with Crippen molar-refractivity contribution in [2.24, 2.45) is 0 Å². The van der Waals surface area contributed by atoms with Gasteiger partial charge in [-0.1, -0.05) is 26.0 Å². The molecule has 100 valence electrons. The first-order valence-electron chi connectivity index (χ1n) is 6.76. The van der Waals surface area contributed by atoms with Gasteiger partial charge in [-0.3, -0.25) is 0 Å². The summed E-state index contributed by atoms with van der Waals surface area (Å²) in [5, 5.41) is 4.54. The standard InChI is InChI=1S/C15H23NOS/c1-4-14(16-15-9-10-18-11(15)2)12-5-7-13(17-3)8-6-12/h5-8,11,14-16H,4,9-10H2,1-3H3. The molecular weight excluding hydrogens is 242 g/mol. The van der Waals surface area contributed by atoms with Gasteiger partial charge in [0.2, 0.25) is 0 Å². The van der Waals surface area contributed by atoms with Crippen LogP contribution >= 0.6 is 11.8 Å². The van der Waals surface area contributed by atoms with Crippen LogP contribution in [0.15, 0.2) is 24.3 Å². The normalized spacial score (nSPS) is 25.1. The van der Waals surface area contributed by atoms with Gasteiger partial charge in [0.15, 0.2) is 0 Å². The molecule has 1 aliphatic heterocycles. The van der Waals surface area contributed by atoms with Crippen LogP contribution in [0.1, 0.15) is 38.3 Å². The first-order chi connectivity index (χ1) is 8.74. The van der Waals surface area contributed by atoms with Crippen molar-refractivity contribution >= 4 is 11.8 Å². The van der Waals surface area contributed by atoms with Gasteiger partial charge in [-0.15, -0.1) is 0 Å². The Morgan fingerprint density at radius 3 is 2.61 bits per heavy atom. The Kier molecular flexibility index (Phi) is 4.95. The van der Waals surface area contributed by atoms with Crippen molar-refractivity contribution < 1.29 is 4.74 Å². The largest absolute Gasteiger partial charge is 0.497 e. The molecule has 0 bridgehead atoms. The van der Waals surface area contributed by atoms with E-state index in [4.69, 9.17) is 4.74 Å². The van der Waals surface area contributed by atoms with E-state index in [-0.39, 0.29) is 0 Å². The molecule has 1 aromatic carbocycles. The highest BCUT2D eigenvalue weighted by Crippen LogP contribution is 2.29. The Morgan fingerprint density at radius 2 is 2.11 bits per heavy atom. The predicted molar refractivity (Wildman–Crippen MR) is 79.5 cm³/mol. The molecule has 1 saturated heterocycles. The lowest BCUT2D eigenvalue weighted by atomic mass is 10.0. The minimum Gasteiger partial charge on any atom is -0.497 e. The maximum Gasteiger partial charge on any atom is 0.118 e. The van der Waals surface area contributed by atoms with Gasteiger partial charge in [0, 0.05) is 17.3 Å². The number of nitrogens with one attached hydrogen (secondary N) is 1. The van der Waals surface area contributed by atoms with E-state index < -0.39 is 0 Å². The molecule has 0 amide bonds. The number of hydrogen-bond acceptors (Lipinski definition) is 3. The van der Waals surface area contributed by atoms with Crippen molar-refractivity contribution in [3.8, 4) is 5.75 Å². The maximum absolute atomic E-state index is 5.21. The summed E-state index contributed by atoms with van der Waals surface area (Å²) in [6, 6.07) is 9.56. The number of methoxy groups -OCH3 is 1. The average molecular weight is 265 g/mol. The van der Waals surface area contributed by atoms with Crippen LogP contribution < -0.4 is 10.1 Å². The Balaban J connectivity index is 2.02. The Morgan fingerprint density at radius 1 is 1.39 bits per heavy atom. The Bertz CT molecular complexity index is 365. The second kappa shape index (κ2) is 6.48. The van der Waals surface area contributed by atoms with Gasteiger partial charge in [0.05, 0.1) is 7.11 Å². The molecule has 0 radical (unpaired) electrons. The van der Waals surface area contributed by atoms with E-state index in [2.05, 4.69) is 43.1 Å². The molecule has 1 aliphatic rings. The van der Waals surface area contributed by atoms with Gasteiger partial charge in [0.1, 0.15) is 5.75 Å². The van der Waals surface area contributed by atoms with Crippen LogP contribution in [0.2, 0.25) is 0 Å². The molecule has 3 unspecified atom stereocenters. The first kappa shape index (κ1) is 13.8. The monoisotopic (exact) mass is 265 g/mol. The number of benzene rings is 1. The molecular formula is C15H23NOS. The molecule has 3 atom stereocenters. The second-order valence-electron chi connectivity index (χ2n) is 4.87. The van der Waals surface area contributed by atoms with Crippen LogP contribution in [-0.4, -0.2) is 24.2 Å².